The Morgan fingerprint density at radius 3 is 3.06 bits per heavy atom. The summed E-state index contributed by atoms with van der Waals surface area (Å²) in [5.74, 6) is 0.753. The van der Waals surface area contributed by atoms with Crippen molar-refractivity contribution in [2.45, 2.75) is 19.8 Å². The molecule has 2 heterocycles. The molecule has 0 bridgehead atoms. The highest BCUT2D eigenvalue weighted by Crippen LogP contribution is 2.31. The normalized spacial score (nSPS) is 20.0. The Labute approximate surface area is 107 Å². The highest BCUT2D eigenvalue weighted by molar-refractivity contribution is 5.95. The van der Waals surface area contributed by atoms with Gasteiger partial charge in [0, 0.05) is 30.4 Å². The van der Waals surface area contributed by atoms with Crippen LogP contribution in [0.15, 0.2) is 24.4 Å². The van der Waals surface area contributed by atoms with Gasteiger partial charge in [0.1, 0.15) is 6.07 Å². The Hall–Kier alpha value is -1.95. The molecule has 0 radical (unpaired) electrons. The Kier molecular flexibility index (Phi) is 2.71. The first-order valence-electron chi connectivity index (χ1n) is 6.54. The molecule has 1 aliphatic rings. The number of hydrogen-bond donors (Lipinski definition) is 1. The molecule has 92 valence electrons. The lowest BCUT2D eigenvalue weighted by atomic mass is 9.99. The van der Waals surface area contributed by atoms with Crippen molar-refractivity contribution in [2.24, 2.45) is 5.92 Å². The topological polar surface area (TPSA) is 42.8 Å². The number of fused-ring (bicyclic) bond motifs is 1. The molecule has 3 rings (SSSR count). The number of nitrogens with one attached hydrogen (secondary N) is 1. The molecule has 1 fully saturated rings. The highest BCUT2D eigenvalue weighted by atomic mass is 15.1. The average molecular weight is 239 g/mol. The minimum atomic E-state index is 0.726. The van der Waals surface area contributed by atoms with Crippen LogP contribution in [0.4, 0.5) is 5.69 Å². The quantitative estimate of drug-likeness (QED) is 0.830. The number of anilines is 1. The van der Waals surface area contributed by atoms with Crippen LogP contribution in [-0.4, -0.2) is 18.1 Å². The molecule has 1 atom stereocenters. The van der Waals surface area contributed by atoms with E-state index in [1.54, 1.807) is 0 Å². The first-order valence-corrected chi connectivity index (χ1v) is 6.54. The van der Waals surface area contributed by atoms with Gasteiger partial charge in [0.25, 0.3) is 0 Å². The molecule has 1 aliphatic heterocycles. The predicted octanol–water partition coefficient (Wildman–Crippen LogP) is 3.28. The van der Waals surface area contributed by atoms with Gasteiger partial charge in [-0.25, -0.2) is 0 Å². The van der Waals surface area contributed by atoms with E-state index < -0.39 is 0 Å². The van der Waals surface area contributed by atoms with E-state index in [0.717, 1.165) is 30.1 Å². The van der Waals surface area contributed by atoms with Crippen molar-refractivity contribution in [3.63, 3.8) is 0 Å². The Morgan fingerprint density at radius 1 is 1.39 bits per heavy atom. The van der Waals surface area contributed by atoms with Crippen LogP contribution in [0.5, 0.6) is 0 Å². The molecule has 0 aliphatic carbocycles. The van der Waals surface area contributed by atoms with E-state index in [1.165, 1.54) is 23.9 Å². The second-order valence-electron chi connectivity index (χ2n) is 5.20. The number of piperidine rings is 1. The van der Waals surface area contributed by atoms with Gasteiger partial charge in [0.05, 0.1) is 11.1 Å². The minimum absolute atomic E-state index is 0.726. The molecule has 1 aromatic heterocycles. The summed E-state index contributed by atoms with van der Waals surface area (Å²) in [7, 11) is 0. The Bertz CT molecular complexity index is 606. The molecule has 0 saturated carbocycles. The van der Waals surface area contributed by atoms with Crippen LogP contribution in [-0.2, 0) is 0 Å². The molecule has 1 saturated heterocycles. The van der Waals surface area contributed by atoms with Crippen molar-refractivity contribution >= 4 is 16.6 Å². The van der Waals surface area contributed by atoms with Crippen molar-refractivity contribution in [3.05, 3.63) is 30.0 Å². The lowest BCUT2D eigenvalue weighted by molar-refractivity contribution is 0.447. The van der Waals surface area contributed by atoms with Gasteiger partial charge >= 0.3 is 0 Å². The first-order chi connectivity index (χ1) is 8.79. The highest BCUT2D eigenvalue weighted by Gasteiger charge is 2.19. The van der Waals surface area contributed by atoms with Gasteiger partial charge in [0.15, 0.2) is 0 Å². The smallest absolute Gasteiger partial charge is 0.101 e. The molecular formula is C15H17N3. The lowest BCUT2D eigenvalue weighted by Crippen LogP contribution is -2.34. The average Bonchev–Trinajstić information content (AvgIpc) is 2.86. The van der Waals surface area contributed by atoms with Gasteiger partial charge in [-0.1, -0.05) is 6.92 Å². The van der Waals surface area contributed by atoms with Crippen LogP contribution in [0.2, 0.25) is 0 Å². The van der Waals surface area contributed by atoms with E-state index in [2.05, 4.69) is 35.0 Å². The van der Waals surface area contributed by atoms with Crippen molar-refractivity contribution < 1.29 is 0 Å². The summed E-state index contributed by atoms with van der Waals surface area (Å²) in [4.78, 5) is 5.63. The fourth-order valence-corrected chi connectivity index (χ4v) is 2.92. The second-order valence-corrected chi connectivity index (χ2v) is 5.20. The molecule has 0 unspecified atom stereocenters. The maximum Gasteiger partial charge on any atom is 0.101 e. The van der Waals surface area contributed by atoms with E-state index in [9.17, 15) is 0 Å². The largest absolute Gasteiger partial charge is 0.371 e. The predicted molar refractivity (Wildman–Crippen MR) is 73.6 cm³/mol. The number of rotatable bonds is 1. The summed E-state index contributed by atoms with van der Waals surface area (Å²) in [5, 5.41) is 10.3. The number of nitrogens with zero attached hydrogens (tertiary/aromatic N) is 2. The SMILES string of the molecule is C[C@@H]1CCCN(c2ccc(C#N)c3[nH]ccc23)C1. The summed E-state index contributed by atoms with van der Waals surface area (Å²) in [6.45, 7) is 4.55. The van der Waals surface area contributed by atoms with Gasteiger partial charge in [-0.15, -0.1) is 0 Å². The second kappa shape index (κ2) is 4.38. The Morgan fingerprint density at radius 2 is 2.28 bits per heavy atom. The number of hydrogen-bond acceptors (Lipinski definition) is 2. The van der Waals surface area contributed by atoms with E-state index >= 15 is 0 Å². The fourth-order valence-electron chi connectivity index (χ4n) is 2.92. The van der Waals surface area contributed by atoms with Crippen LogP contribution >= 0.6 is 0 Å². The molecule has 3 nitrogen and oxygen atoms in total. The minimum Gasteiger partial charge on any atom is -0.371 e. The first kappa shape index (κ1) is 11.2. The maximum atomic E-state index is 9.11. The number of H-pyrrole nitrogens is 1. The van der Waals surface area contributed by atoms with Crippen molar-refractivity contribution in [1.29, 1.82) is 5.26 Å². The third-order valence-corrected chi connectivity index (χ3v) is 3.82. The van der Waals surface area contributed by atoms with Gasteiger partial charge < -0.3 is 9.88 Å². The van der Waals surface area contributed by atoms with Crippen molar-refractivity contribution in [1.82, 2.24) is 4.98 Å². The monoisotopic (exact) mass is 239 g/mol. The zero-order chi connectivity index (χ0) is 12.5. The van der Waals surface area contributed by atoms with Gasteiger partial charge in [-0.3, -0.25) is 0 Å². The maximum absolute atomic E-state index is 9.11. The molecule has 3 heteroatoms. The number of aromatic nitrogens is 1. The lowest BCUT2D eigenvalue weighted by Gasteiger charge is -2.33. The van der Waals surface area contributed by atoms with Crippen LogP contribution in [0, 0.1) is 17.2 Å². The van der Waals surface area contributed by atoms with E-state index in [-0.39, 0.29) is 0 Å². The van der Waals surface area contributed by atoms with Crippen LogP contribution in [0.1, 0.15) is 25.3 Å². The fraction of sp³-hybridized carbons (Fsp3) is 0.400. The van der Waals surface area contributed by atoms with E-state index in [0.29, 0.717) is 0 Å². The summed E-state index contributed by atoms with van der Waals surface area (Å²) in [6, 6.07) is 8.33. The summed E-state index contributed by atoms with van der Waals surface area (Å²) >= 11 is 0. The number of aromatic amines is 1. The van der Waals surface area contributed by atoms with Crippen molar-refractivity contribution in [2.75, 3.05) is 18.0 Å². The van der Waals surface area contributed by atoms with E-state index in [4.69, 9.17) is 5.26 Å². The van der Waals surface area contributed by atoms with Crippen LogP contribution in [0.3, 0.4) is 0 Å². The number of nitriles is 1. The standard InChI is InChI=1S/C15H17N3/c1-11-3-2-8-18(10-11)14-5-4-12(9-16)15-13(14)6-7-17-15/h4-7,11,17H,2-3,8,10H2,1H3/t11-/m1/s1. The summed E-state index contributed by atoms with van der Waals surface area (Å²) in [5.41, 5.74) is 2.95. The summed E-state index contributed by atoms with van der Waals surface area (Å²) < 4.78 is 0. The van der Waals surface area contributed by atoms with Gasteiger partial charge in [-0.2, -0.15) is 5.26 Å². The van der Waals surface area contributed by atoms with E-state index in [1.807, 2.05) is 12.3 Å². The van der Waals surface area contributed by atoms with Crippen molar-refractivity contribution in [3.8, 4) is 6.07 Å². The molecule has 0 amide bonds. The molecule has 1 N–H and O–H groups in total. The zero-order valence-electron chi connectivity index (χ0n) is 10.6. The molecular weight excluding hydrogens is 222 g/mol. The molecule has 2 aromatic rings. The third kappa shape index (κ3) is 1.74. The van der Waals surface area contributed by atoms with Crippen LogP contribution < -0.4 is 4.90 Å². The third-order valence-electron chi connectivity index (χ3n) is 3.82. The van der Waals surface area contributed by atoms with Gasteiger partial charge in [-0.05, 0) is 37.0 Å². The zero-order valence-corrected chi connectivity index (χ0v) is 10.6. The molecule has 0 spiro atoms. The molecule has 18 heavy (non-hydrogen) atoms. The summed E-state index contributed by atoms with van der Waals surface area (Å²) in [6.07, 6.45) is 4.50. The Balaban J connectivity index is 2.07. The molecule has 1 aromatic carbocycles. The van der Waals surface area contributed by atoms with Crippen LogP contribution in [0.25, 0.3) is 10.9 Å². The number of benzene rings is 1. The van der Waals surface area contributed by atoms with Gasteiger partial charge in [0.2, 0.25) is 0 Å².